The fourth-order valence-corrected chi connectivity index (χ4v) is 5.02. The lowest BCUT2D eigenvalue weighted by molar-refractivity contribution is 0.0628. The van der Waals surface area contributed by atoms with Crippen molar-refractivity contribution < 1.29 is 0 Å². The first kappa shape index (κ1) is 19.3. The van der Waals surface area contributed by atoms with Crippen LogP contribution in [0.5, 0.6) is 0 Å². The molecular weight excluding hydrogens is 292 g/mol. The Kier molecular flexibility index (Phi) is 4.63. The van der Waals surface area contributed by atoms with Gasteiger partial charge in [-0.2, -0.15) is 0 Å². The minimum atomic E-state index is 0.0916. The number of nitrogens with two attached hydrogens (primary N) is 1. The molecule has 2 N–H and O–H groups in total. The van der Waals surface area contributed by atoms with Crippen molar-refractivity contribution in [2.45, 2.75) is 79.7 Å². The molecule has 0 radical (unpaired) electrons. The molecule has 1 aliphatic rings. The molecule has 1 heterocycles. The number of benzene rings is 1. The van der Waals surface area contributed by atoms with E-state index < -0.39 is 0 Å². The molecule has 0 unspecified atom stereocenters. The van der Waals surface area contributed by atoms with E-state index in [-0.39, 0.29) is 21.8 Å². The molecule has 0 fully saturated rings. The van der Waals surface area contributed by atoms with Crippen LogP contribution >= 0.6 is 0 Å². The zero-order valence-corrected chi connectivity index (χ0v) is 17.4. The second-order valence-electron chi connectivity index (χ2n) is 10.5. The molecule has 0 atom stereocenters. The summed E-state index contributed by atoms with van der Waals surface area (Å²) in [6.45, 7) is 23.2. The third-order valence-electron chi connectivity index (χ3n) is 6.03. The average molecular weight is 331 g/mol. The average Bonchev–Trinajstić information content (AvgIpc) is 2.75. The van der Waals surface area contributed by atoms with Crippen LogP contribution in [0.3, 0.4) is 0 Å². The van der Waals surface area contributed by atoms with Gasteiger partial charge in [0.05, 0.1) is 0 Å². The Morgan fingerprint density at radius 2 is 1.50 bits per heavy atom. The van der Waals surface area contributed by atoms with Crippen LogP contribution in [0.4, 0.5) is 5.69 Å². The van der Waals surface area contributed by atoms with Crippen LogP contribution in [-0.2, 0) is 11.8 Å². The number of hydrogen-bond donors (Lipinski definition) is 1. The van der Waals surface area contributed by atoms with E-state index in [4.69, 9.17) is 5.73 Å². The molecule has 1 aliphatic heterocycles. The van der Waals surface area contributed by atoms with E-state index in [1.807, 2.05) is 0 Å². The molecule has 0 aliphatic carbocycles. The maximum Gasteiger partial charge on any atom is 0.0413 e. The van der Waals surface area contributed by atoms with E-state index in [1.165, 1.54) is 11.3 Å². The van der Waals surface area contributed by atoms with E-state index in [9.17, 15) is 0 Å². The molecule has 2 heteroatoms. The molecule has 136 valence electrons. The quantitative estimate of drug-likeness (QED) is 0.814. The van der Waals surface area contributed by atoms with Gasteiger partial charge in [-0.1, -0.05) is 53.7 Å². The number of fused-ring (bicyclic) bond motifs is 1. The molecule has 0 spiro atoms. The van der Waals surface area contributed by atoms with Gasteiger partial charge in [-0.25, -0.2) is 0 Å². The van der Waals surface area contributed by atoms with Crippen LogP contribution in [0.15, 0.2) is 18.2 Å². The summed E-state index contributed by atoms with van der Waals surface area (Å²) in [4.78, 5) is 2.62. The topological polar surface area (TPSA) is 29.3 Å². The molecular formula is C22H38N2. The molecule has 0 bridgehead atoms. The van der Waals surface area contributed by atoms with E-state index in [2.05, 4.69) is 85.4 Å². The molecule has 0 saturated heterocycles. The van der Waals surface area contributed by atoms with Gasteiger partial charge in [-0.15, -0.1) is 0 Å². The van der Waals surface area contributed by atoms with Gasteiger partial charge in [0.1, 0.15) is 0 Å². The van der Waals surface area contributed by atoms with Gasteiger partial charge in [-0.3, -0.25) is 0 Å². The predicted octanol–water partition coefficient (Wildman–Crippen LogP) is 5.14. The van der Waals surface area contributed by atoms with E-state index in [0.29, 0.717) is 6.54 Å². The van der Waals surface area contributed by atoms with Crippen molar-refractivity contribution in [1.82, 2.24) is 0 Å². The van der Waals surface area contributed by atoms with Crippen molar-refractivity contribution in [3.63, 3.8) is 0 Å². The number of hydrogen-bond acceptors (Lipinski definition) is 2. The van der Waals surface area contributed by atoms with Gasteiger partial charge >= 0.3 is 0 Å². The highest BCUT2D eigenvalue weighted by Gasteiger charge is 2.58. The summed E-state index contributed by atoms with van der Waals surface area (Å²) in [5.41, 5.74) is 10.9. The van der Waals surface area contributed by atoms with Crippen LogP contribution < -0.4 is 10.6 Å². The minimum Gasteiger partial charge on any atom is -0.366 e. The first-order valence-electron chi connectivity index (χ1n) is 9.37. The maximum absolute atomic E-state index is 5.97. The lowest BCUT2D eigenvalue weighted by Crippen LogP contribution is -2.55. The highest BCUT2D eigenvalue weighted by atomic mass is 15.2. The normalized spacial score (nSPS) is 18.0. The molecule has 1 aromatic carbocycles. The molecule has 24 heavy (non-hydrogen) atoms. The SMILES string of the molecule is CC(C)(C)N1CC(C(C)(C)C)(C(C)(C)C)c2c(CCN)cccc21. The third-order valence-corrected chi connectivity index (χ3v) is 6.03. The molecule has 2 nitrogen and oxygen atoms in total. The smallest absolute Gasteiger partial charge is 0.0413 e. The molecule has 0 saturated carbocycles. The maximum atomic E-state index is 5.97. The van der Waals surface area contributed by atoms with Gasteiger partial charge in [0.25, 0.3) is 0 Å². The fourth-order valence-electron chi connectivity index (χ4n) is 5.02. The van der Waals surface area contributed by atoms with E-state index >= 15 is 0 Å². The summed E-state index contributed by atoms with van der Waals surface area (Å²) in [6.07, 6.45) is 0.953. The first-order chi connectivity index (χ1) is 10.8. The van der Waals surface area contributed by atoms with Crippen LogP contribution in [0.2, 0.25) is 0 Å². The number of anilines is 1. The van der Waals surface area contributed by atoms with E-state index in [0.717, 1.165) is 13.0 Å². The number of rotatable bonds is 2. The monoisotopic (exact) mass is 330 g/mol. The summed E-state index contributed by atoms with van der Waals surface area (Å²) in [7, 11) is 0. The second-order valence-corrected chi connectivity index (χ2v) is 10.5. The zero-order valence-electron chi connectivity index (χ0n) is 17.4. The Bertz CT molecular complexity index is 580. The summed E-state index contributed by atoms with van der Waals surface area (Å²) in [5.74, 6) is 0. The van der Waals surface area contributed by atoms with Gasteiger partial charge in [0.2, 0.25) is 0 Å². The standard InChI is InChI=1S/C22H38N2/c1-19(2,3)22(20(4,5)6)15-24(21(7,8)9)17-12-10-11-16(13-14-23)18(17)22/h10-12H,13-15,23H2,1-9H3. The third kappa shape index (κ3) is 2.77. The minimum absolute atomic E-state index is 0.0916. The molecule has 0 aromatic heterocycles. The highest BCUT2D eigenvalue weighted by Crippen LogP contribution is 2.61. The van der Waals surface area contributed by atoms with E-state index in [1.54, 1.807) is 5.56 Å². The largest absolute Gasteiger partial charge is 0.366 e. The fraction of sp³-hybridized carbons (Fsp3) is 0.727. The Morgan fingerprint density at radius 3 is 1.92 bits per heavy atom. The van der Waals surface area contributed by atoms with Gasteiger partial charge in [-0.05, 0) is 61.8 Å². The first-order valence-corrected chi connectivity index (χ1v) is 9.37. The number of nitrogens with zero attached hydrogens (tertiary/aromatic N) is 1. The lowest BCUT2D eigenvalue weighted by Gasteiger charge is -2.53. The van der Waals surface area contributed by atoms with Gasteiger partial charge < -0.3 is 10.6 Å². The second kappa shape index (κ2) is 5.76. The van der Waals surface area contributed by atoms with Crippen molar-refractivity contribution in [2.24, 2.45) is 16.6 Å². The van der Waals surface area contributed by atoms with Crippen molar-refractivity contribution >= 4 is 5.69 Å². The van der Waals surface area contributed by atoms with Crippen molar-refractivity contribution in [2.75, 3.05) is 18.0 Å². The van der Waals surface area contributed by atoms with Crippen molar-refractivity contribution in [3.05, 3.63) is 29.3 Å². The zero-order chi connectivity index (χ0) is 18.6. The highest BCUT2D eigenvalue weighted by molar-refractivity contribution is 5.68. The Hall–Kier alpha value is -1.02. The summed E-state index contributed by atoms with van der Waals surface area (Å²) >= 11 is 0. The predicted molar refractivity (Wildman–Crippen MR) is 107 cm³/mol. The molecule has 0 amide bonds. The van der Waals surface area contributed by atoms with Crippen LogP contribution in [0.25, 0.3) is 0 Å². The summed E-state index contributed by atoms with van der Waals surface area (Å²) < 4.78 is 0. The molecule has 1 aromatic rings. The summed E-state index contributed by atoms with van der Waals surface area (Å²) in [5, 5.41) is 0. The molecule has 2 rings (SSSR count). The summed E-state index contributed by atoms with van der Waals surface area (Å²) in [6, 6.07) is 6.83. The Labute approximate surface area is 149 Å². The van der Waals surface area contributed by atoms with Gasteiger partial charge in [0.15, 0.2) is 0 Å². The van der Waals surface area contributed by atoms with Crippen molar-refractivity contribution in [3.8, 4) is 0 Å². The Balaban J connectivity index is 2.87. The van der Waals surface area contributed by atoms with Crippen LogP contribution in [0.1, 0.15) is 73.4 Å². The Morgan fingerprint density at radius 1 is 0.958 bits per heavy atom. The van der Waals surface area contributed by atoms with Gasteiger partial charge in [0, 0.05) is 23.2 Å². The van der Waals surface area contributed by atoms with Crippen LogP contribution in [-0.4, -0.2) is 18.6 Å². The van der Waals surface area contributed by atoms with Crippen molar-refractivity contribution in [1.29, 1.82) is 0 Å². The van der Waals surface area contributed by atoms with Crippen LogP contribution in [0, 0.1) is 10.8 Å². The lowest BCUT2D eigenvalue weighted by atomic mass is 9.51.